The summed E-state index contributed by atoms with van der Waals surface area (Å²) in [6.07, 6.45) is -1.60. The summed E-state index contributed by atoms with van der Waals surface area (Å²) >= 11 is 8.68. The number of nitrogens with one attached hydrogen (secondary N) is 1. The molecule has 3 aromatic rings. The fraction of sp³-hybridized carbons (Fsp3) is 0.333. The minimum atomic E-state index is -0.615. The average molecular weight is 500 g/mol. The van der Waals surface area contributed by atoms with Crippen LogP contribution in [0.25, 0.3) is 22.4 Å². The molecule has 9 heteroatoms. The Hall–Kier alpha value is -1.46. The van der Waals surface area contributed by atoms with Gasteiger partial charge in [-0.05, 0) is 6.07 Å². The number of aliphatic hydroxyl groups excluding tert-OH is 1. The first-order valence-electron chi connectivity index (χ1n) is 8.48. The van der Waals surface area contributed by atoms with E-state index in [0.717, 1.165) is 9.13 Å². The van der Waals surface area contributed by atoms with E-state index in [1.165, 1.54) is 0 Å². The molecule has 1 radical (unpaired) electrons. The van der Waals surface area contributed by atoms with E-state index in [1.54, 1.807) is 6.07 Å². The molecular weight excluding hydrogens is 485 g/mol. The lowest BCUT2D eigenvalue weighted by molar-refractivity contribution is -0.328. The number of halogens is 2. The first-order chi connectivity index (χ1) is 13.1. The lowest BCUT2D eigenvalue weighted by atomic mass is 10.1. The van der Waals surface area contributed by atoms with Crippen molar-refractivity contribution >= 4 is 22.8 Å². The van der Waals surface area contributed by atoms with Crippen molar-refractivity contribution in [3.05, 3.63) is 38.9 Å². The molecule has 4 atom stereocenters. The third-order valence-corrected chi connectivity index (χ3v) is 5.77. The van der Waals surface area contributed by atoms with Crippen molar-refractivity contribution in [3.63, 3.8) is 0 Å². The predicted octanol–water partition coefficient (Wildman–Crippen LogP) is -1.09. The number of rotatable bonds is 3. The molecule has 0 spiro atoms. The van der Waals surface area contributed by atoms with Gasteiger partial charge in [0, 0.05) is 5.56 Å². The van der Waals surface area contributed by atoms with Crippen molar-refractivity contribution in [2.75, 3.05) is 13.2 Å². The summed E-state index contributed by atoms with van der Waals surface area (Å²) in [5.41, 5.74) is 2.80. The van der Waals surface area contributed by atoms with Crippen molar-refractivity contribution < 1.29 is 41.9 Å². The molecule has 0 amide bonds. The smallest absolute Gasteiger partial charge is 0.296 e. The van der Waals surface area contributed by atoms with Gasteiger partial charge in [0.1, 0.15) is 18.3 Å². The van der Waals surface area contributed by atoms with E-state index in [1.807, 2.05) is 24.3 Å². The van der Waals surface area contributed by atoms with Crippen LogP contribution in [0.5, 0.6) is 6.01 Å². The van der Waals surface area contributed by atoms with Gasteiger partial charge in [-0.25, -0.2) is 4.98 Å². The van der Waals surface area contributed by atoms with Crippen molar-refractivity contribution in [2.45, 2.75) is 24.4 Å². The van der Waals surface area contributed by atoms with Crippen LogP contribution in [0, 0.1) is 3.57 Å². The molecule has 0 saturated carbocycles. The molecule has 5 rings (SSSR count). The van der Waals surface area contributed by atoms with Gasteiger partial charge in [0.2, 0.25) is 0 Å². The lowest BCUT2D eigenvalue weighted by Crippen LogP contribution is -3.34. The summed E-state index contributed by atoms with van der Waals surface area (Å²) in [5.74, 6) is 0. The van der Waals surface area contributed by atoms with Crippen LogP contribution in [0.4, 0.5) is 0 Å². The largest absolute Gasteiger partial charge is 0.759 e. The molecule has 1 aromatic carbocycles. The van der Waals surface area contributed by atoms with Crippen molar-refractivity contribution in [2.24, 2.45) is 0 Å². The molecule has 0 unspecified atom stereocenters. The number of benzene rings is 1. The fourth-order valence-electron chi connectivity index (χ4n) is 3.45. The molecule has 0 bridgehead atoms. The predicted molar refractivity (Wildman–Crippen MR) is 92.9 cm³/mol. The molecule has 141 valence electrons. The highest BCUT2D eigenvalue weighted by Gasteiger charge is 2.48. The number of hydrogen-bond acceptors (Lipinski definition) is 6. The van der Waals surface area contributed by atoms with E-state index in [9.17, 15) is 5.11 Å². The zero-order valence-electron chi connectivity index (χ0n) is 13.9. The summed E-state index contributed by atoms with van der Waals surface area (Å²) in [6.45, 7) is 0.595. The number of ether oxygens (including phenoxy) is 3. The normalized spacial score (nSPS) is 27.2. The second-order valence-corrected chi connectivity index (χ2v) is 8.21. The second kappa shape index (κ2) is 6.85. The molecule has 2 fully saturated rings. The second-order valence-electron chi connectivity index (χ2n) is 6.56. The van der Waals surface area contributed by atoms with E-state index in [0.29, 0.717) is 34.5 Å². The Morgan fingerprint density at radius 1 is 1.15 bits per heavy atom. The molecular formula is C18H15ClIN3O4-. The highest BCUT2D eigenvalue weighted by Crippen LogP contribution is 2.32. The van der Waals surface area contributed by atoms with Crippen LogP contribution in [0.1, 0.15) is 0 Å². The summed E-state index contributed by atoms with van der Waals surface area (Å²) in [6, 6.07) is 10.1. The maximum absolute atomic E-state index is 9.83. The Morgan fingerprint density at radius 2 is 1.93 bits per heavy atom. The topological polar surface area (TPSA) is 89.5 Å². The Bertz CT molecular complexity index is 996. The summed E-state index contributed by atoms with van der Waals surface area (Å²) in [7, 11) is 0. The van der Waals surface area contributed by atoms with Gasteiger partial charge in [0.05, 0.1) is 29.4 Å². The number of hydrogen-bond donors (Lipinski definition) is 2. The summed E-state index contributed by atoms with van der Waals surface area (Å²) in [4.78, 5) is 12.1. The average Bonchev–Trinajstić information content (AvgIpc) is 3.33. The van der Waals surface area contributed by atoms with Crippen molar-refractivity contribution in [1.29, 1.82) is 0 Å². The maximum Gasteiger partial charge on any atom is 0.296 e. The Morgan fingerprint density at radius 3 is 2.74 bits per heavy atom. The monoisotopic (exact) mass is 499 g/mol. The summed E-state index contributed by atoms with van der Waals surface area (Å²) < 4.78 is 18.2. The number of fused-ring (bicyclic) bond motifs is 2. The molecule has 2 aliphatic heterocycles. The van der Waals surface area contributed by atoms with Gasteiger partial charge in [-0.3, -0.25) is 0 Å². The van der Waals surface area contributed by atoms with Crippen LogP contribution in [0.2, 0.25) is 5.02 Å². The first kappa shape index (κ1) is 17.6. The minimum absolute atomic E-state index is 0.256. The molecule has 4 heterocycles. The van der Waals surface area contributed by atoms with Gasteiger partial charge >= 0.3 is 0 Å². The number of aromatic nitrogens is 3. The Balaban J connectivity index is 1.43. The Labute approximate surface area is 173 Å². The van der Waals surface area contributed by atoms with Crippen molar-refractivity contribution in [3.8, 4) is 17.3 Å². The van der Waals surface area contributed by atoms with E-state index in [4.69, 9.17) is 25.8 Å². The molecule has 2 aliphatic rings. The van der Waals surface area contributed by atoms with Gasteiger partial charge in [-0.1, -0.05) is 35.9 Å². The molecule has 0 aliphatic carbocycles. The Kier molecular flexibility index (Phi) is 4.47. The number of nitrogens with zero attached hydrogens (tertiary/aromatic N) is 2. The number of aliphatic hydroxyl groups is 1. The van der Waals surface area contributed by atoms with Crippen LogP contribution in [-0.2, 0) is 9.47 Å². The van der Waals surface area contributed by atoms with Crippen molar-refractivity contribution in [1.82, 2.24) is 15.0 Å². The highest BCUT2D eigenvalue weighted by atomic mass is 127. The summed E-state index contributed by atoms with van der Waals surface area (Å²) in [5, 5.41) is 10.4. The van der Waals surface area contributed by atoms with Gasteiger partial charge in [0.25, 0.3) is 6.01 Å². The maximum atomic E-state index is 9.83. The lowest BCUT2D eigenvalue weighted by Gasteiger charge is -2.15. The molecule has 2 aromatic heterocycles. The quantitative estimate of drug-likeness (QED) is 0.445. The minimum Gasteiger partial charge on any atom is -0.759 e. The van der Waals surface area contributed by atoms with E-state index >= 15 is 0 Å². The fourth-order valence-corrected chi connectivity index (χ4v) is 4.07. The molecule has 2 N–H and O–H groups in total. The standard InChI is InChI=1S/C18H15ClIN3O4/c19-10-5-11-17(22-14(10)8-1-3-9(20)4-2-8)23-18(21-11)27-13-7-26-15-12(24)6-25-16(13)15/h1-5,12-13,15-16,24H,6-7H2,(H,21,22,23)/q-1/t12-,13-,15-,16-/m1/s1. The number of imidazole rings is 1. The van der Waals surface area contributed by atoms with Crippen LogP contribution >= 0.6 is 11.6 Å². The SMILES string of the molecule is O[C@@H]1CO[C@H]2[C@@H]1OC[C@H]2Oc1nc2nc(-c3ccc([I-])cc3)c(Cl)cc2[nH]1. The molecule has 7 nitrogen and oxygen atoms in total. The number of H-pyrrole nitrogens is 1. The third kappa shape index (κ3) is 3.19. The van der Waals surface area contributed by atoms with E-state index in [-0.39, 0.29) is 24.9 Å². The first-order valence-corrected chi connectivity index (χ1v) is 9.94. The van der Waals surface area contributed by atoms with Gasteiger partial charge < -0.3 is 46.9 Å². The van der Waals surface area contributed by atoms with Crippen LogP contribution in [-0.4, -0.2) is 57.7 Å². The van der Waals surface area contributed by atoms with Crippen LogP contribution in [0.3, 0.4) is 0 Å². The number of pyridine rings is 1. The third-order valence-electron chi connectivity index (χ3n) is 4.77. The van der Waals surface area contributed by atoms with Gasteiger partial charge in [-0.15, -0.1) is 0 Å². The zero-order chi connectivity index (χ0) is 18.5. The van der Waals surface area contributed by atoms with E-state index < -0.39 is 6.10 Å². The number of aromatic amines is 1. The van der Waals surface area contributed by atoms with Gasteiger partial charge in [-0.2, -0.15) is 8.55 Å². The van der Waals surface area contributed by atoms with Gasteiger partial charge in [0.15, 0.2) is 11.8 Å². The van der Waals surface area contributed by atoms with E-state index in [2.05, 4.69) is 37.5 Å². The highest BCUT2D eigenvalue weighted by molar-refractivity contribution is 6.33. The molecule has 27 heavy (non-hydrogen) atoms. The zero-order valence-corrected chi connectivity index (χ0v) is 16.8. The van der Waals surface area contributed by atoms with Crippen LogP contribution < -0.4 is 27.3 Å². The van der Waals surface area contributed by atoms with Crippen LogP contribution in [0.15, 0.2) is 30.3 Å². The molecule has 2 saturated heterocycles.